The Morgan fingerprint density at radius 3 is 2.54 bits per heavy atom. The number of aliphatic hydroxyl groups is 1. The molecule has 0 bridgehead atoms. The lowest BCUT2D eigenvalue weighted by Crippen LogP contribution is -2.43. The Kier molecular flexibility index (Phi) is 9.02. The Bertz CT molecular complexity index is 1440. The SMILES string of the molecule is COc1ccc2nccc([C@@H](O)CN3CCC(NCc4nc5ccc(F)cc5[nH]4)CC3)c2c1.O=C(O)C(=O)O. The number of hydrogen-bond acceptors (Lipinski definition) is 8. The minimum absolute atomic E-state index is 0.265. The van der Waals surface area contributed by atoms with Crippen LogP contribution in [0.4, 0.5) is 4.39 Å². The third kappa shape index (κ3) is 7.25. The normalized spacial score (nSPS) is 15.1. The fourth-order valence-corrected chi connectivity index (χ4v) is 4.59. The number of aliphatic carboxylic acids is 2. The Hall–Kier alpha value is -4.13. The van der Waals surface area contributed by atoms with Gasteiger partial charge in [-0.2, -0.15) is 0 Å². The van der Waals surface area contributed by atoms with Crippen LogP contribution < -0.4 is 10.1 Å². The maximum Gasteiger partial charge on any atom is 0.414 e. The number of nitrogens with one attached hydrogen (secondary N) is 2. The first-order chi connectivity index (χ1) is 18.7. The van der Waals surface area contributed by atoms with Crippen LogP contribution in [0.3, 0.4) is 0 Å². The van der Waals surface area contributed by atoms with Gasteiger partial charge in [-0.05, 0) is 74.0 Å². The number of carboxylic acids is 2. The molecule has 4 aromatic rings. The second kappa shape index (κ2) is 12.6. The van der Waals surface area contributed by atoms with E-state index in [1.54, 1.807) is 19.4 Å². The number of H-pyrrole nitrogens is 1. The van der Waals surface area contributed by atoms with Crippen LogP contribution in [-0.4, -0.2) is 79.9 Å². The largest absolute Gasteiger partial charge is 0.497 e. The number of aromatic nitrogens is 3. The summed E-state index contributed by atoms with van der Waals surface area (Å²) in [5.74, 6) is -2.34. The molecule has 1 saturated heterocycles. The smallest absolute Gasteiger partial charge is 0.414 e. The van der Waals surface area contributed by atoms with Crippen LogP contribution in [0.25, 0.3) is 21.9 Å². The summed E-state index contributed by atoms with van der Waals surface area (Å²) < 4.78 is 18.7. The molecule has 3 heterocycles. The number of fused-ring (bicyclic) bond motifs is 2. The highest BCUT2D eigenvalue weighted by atomic mass is 19.1. The number of ether oxygens (including phenoxy) is 1. The lowest BCUT2D eigenvalue weighted by molar-refractivity contribution is -0.159. The predicted octanol–water partition coefficient (Wildman–Crippen LogP) is 2.70. The van der Waals surface area contributed by atoms with Crippen molar-refractivity contribution in [1.29, 1.82) is 0 Å². The van der Waals surface area contributed by atoms with Gasteiger partial charge in [0, 0.05) is 24.2 Å². The molecule has 11 nitrogen and oxygen atoms in total. The van der Waals surface area contributed by atoms with Crippen LogP contribution in [0, 0.1) is 5.82 Å². The average molecular weight is 540 g/mol. The van der Waals surface area contributed by atoms with Crippen molar-refractivity contribution in [2.24, 2.45) is 0 Å². The number of carbonyl (C=O) groups is 2. The summed E-state index contributed by atoms with van der Waals surface area (Å²) in [5.41, 5.74) is 3.22. The minimum atomic E-state index is -1.82. The first kappa shape index (κ1) is 27.9. The number of aromatic amines is 1. The van der Waals surface area contributed by atoms with E-state index >= 15 is 0 Å². The average Bonchev–Trinajstić information content (AvgIpc) is 3.34. The van der Waals surface area contributed by atoms with Gasteiger partial charge in [-0.1, -0.05) is 0 Å². The summed E-state index contributed by atoms with van der Waals surface area (Å²) in [7, 11) is 1.64. The number of nitrogens with zero attached hydrogens (tertiary/aromatic N) is 3. The molecule has 0 unspecified atom stereocenters. The lowest BCUT2D eigenvalue weighted by Gasteiger charge is -2.33. The molecule has 0 radical (unpaired) electrons. The monoisotopic (exact) mass is 539 g/mol. The molecular formula is C27H30FN5O6. The maximum absolute atomic E-state index is 13.4. The van der Waals surface area contributed by atoms with E-state index in [9.17, 15) is 9.50 Å². The zero-order valence-corrected chi connectivity index (χ0v) is 21.3. The number of piperidine rings is 1. The van der Waals surface area contributed by atoms with Gasteiger partial charge in [0.1, 0.15) is 17.4 Å². The molecule has 2 aromatic heterocycles. The van der Waals surface area contributed by atoms with Crippen LogP contribution in [0.2, 0.25) is 0 Å². The van der Waals surface area contributed by atoms with Crippen LogP contribution in [0.5, 0.6) is 5.75 Å². The van der Waals surface area contributed by atoms with Crippen molar-refractivity contribution in [1.82, 2.24) is 25.2 Å². The first-order valence-corrected chi connectivity index (χ1v) is 12.4. The molecule has 5 rings (SSSR count). The summed E-state index contributed by atoms with van der Waals surface area (Å²) in [5, 5.41) is 30.2. The number of β-amino-alcohol motifs (C(OH)–C–C–N with tert-alkyl or cyclic N) is 1. The standard InChI is InChI=1S/C25H28FN5O2.C2H2O4/c1-33-18-3-5-21-20(13-18)19(6-9-27-21)24(32)15-31-10-7-17(8-11-31)28-14-25-29-22-4-2-16(26)12-23(22)30-25;3-1(4)2(5)6/h2-6,9,12-13,17,24,28,32H,7-8,10-11,14-15H2,1H3,(H,29,30);(H,3,4)(H,5,6)/t24-;/m0./s1. The summed E-state index contributed by atoms with van der Waals surface area (Å²) in [6.45, 7) is 3.02. The fourth-order valence-electron chi connectivity index (χ4n) is 4.59. The van der Waals surface area contributed by atoms with Gasteiger partial charge in [0.25, 0.3) is 0 Å². The van der Waals surface area contributed by atoms with E-state index < -0.39 is 18.0 Å². The molecule has 2 aromatic carbocycles. The van der Waals surface area contributed by atoms with E-state index in [1.807, 2.05) is 24.3 Å². The second-order valence-corrected chi connectivity index (χ2v) is 9.21. The zero-order valence-electron chi connectivity index (χ0n) is 21.3. The van der Waals surface area contributed by atoms with Gasteiger partial charge in [-0.25, -0.2) is 19.0 Å². The molecule has 0 saturated carbocycles. The minimum Gasteiger partial charge on any atom is -0.497 e. The topological polar surface area (TPSA) is 161 Å². The Labute approximate surface area is 223 Å². The molecule has 1 atom stereocenters. The van der Waals surface area contributed by atoms with E-state index in [1.165, 1.54) is 12.1 Å². The number of benzene rings is 2. The summed E-state index contributed by atoms with van der Waals surface area (Å²) in [6, 6.07) is 12.6. The molecule has 0 spiro atoms. The predicted molar refractivity (Wildman–Crippen MR) is 141 cm³/mol. The number of hydrogen-bond donors (Lipinski definition) is 5. The van der Waals surface area contributed by atoms with Gasteiger partial charge >= 0.3 is 11.9 Å². The fraction of sp³-hybridized carbons (Fsp3) is 0.333. The highest BCUT2D eigenvalue weighted by molar-refractivity contribution is 6.27. The van der Waals surface area contributed by atoms with Crippen LogP contribution in [0.15, 0.2) is 48.7 Å². The maximum atomic E-state index is 13.4. The Morgan fingerprint density at radius 1 is 1.13 bits per heavy atom. The number of likely N-dealkylation sites (tertiary alicyclic amines) is 1. The van der Waals surface area contributed by atoms with Gasteiger partial charge in [-0.15, -0.1) is 0 Å². The van der Waals surface area contributed by atoms with E-state index in [0.717, 1.165) is 65.0 Å². The van der Waals surface area contributed by atoms with Crippen molar-refractivity contribution in [3.63, 3.8) is 0 Å². The molecule has 0 aliphatic carbocycles. The van der Waals surface area contributed by atoms with Gasteiger partial charge in [-0.3, -0.25) is 4.98 Å². The number of aliphatic hydroxyl groups excluding tert-OH is 1. The number of rotatable bonds is 7. The second-order valence-electron chi connectivity index (χ2n) is 9.21. The number of halogens is 1. The van der Waals surface area contributed by atoms with Crippen molar-refractivity contribution >= 4 is 33.9 Å². The molecule has 1 aliphatic heterocycles. The number of imidazole rings is 1. The van der Waals surface area contributed by atoms with Crippen LogP contribution in [-0.2, 0) is 16.1 Å². The third-order valence-electron chi connectivity index (χ3n) is 6.59. The molecule has 1 fully saturated rings. The van der Waals surface area contributed by atoms with Gasteiger partial charge in [0.2, 0.25) is 0 Å². The van der Waals surface area contributed by atoms with E-state index in [4.69, 9.17) is 24.5 Å². The van der Waals surface area contributed by atoms with Gasteiger partial charge in [0.15, 0.2) is 0 Å². The Morgan fingerprint density at radius 2 is 1.85 bits per heavy atom. The van der Waals surface area contributed by atoms with E-state index in [0.29, 0.717) is 19.1 Å². The van der Waals surface area contributed by atoms with Gasteiger partial charge in [0.05, 0.1) is 36.3 Å². The number of methoxy groups -OCH3 is 1. The highest BCUT2D eigenvalue weighted by Gasteiger charge is 2.22. The molecule has 12 heteroatoms. The highest BCUT2D eigenvalue weighted by Crippen LogP contribution is 2.27. The van der Waals surface area contributed by atoms with Gasteiger partial charge < -0.3 is 35.3 Å². The summed E-state index contributed by atoms with van der Waals surface area (Å²) in [6.07, 6.45) is 3.14. The number of pyridine rings is 1. The van der Waals surface area contributed by atoms with Crippen molar-refractivity contribution in [2.75, 3.05) is 26.7 Å². The molecule has 0 amide bonds. The molecular weight excluding hydrogens is 509 g/mol. The van der Waals surface area contributed by atoms with Crippen LogP contribution in [0.1, 0.15) is 30.3 Å². The zero-order chi connectivity index (χ0) is 27.9. The quantitative estimate of drug-likeness (QED) is 0.221. The summed E-state index contributed by atoms with van der Waals surface area (Å²) in [4.78, 5) is 32.6. The van der Waals surface area contributed by atoms with Crippen molar-refractivity contribution in [3.05, 3.63) is 65.9 Å². The molecule has 206 valence electrons. The first-order valence-electron chi connectivity index (χ1n) is 12.4. The third-order valence-corrected chi connectivity index (χ3v) is 6.59. The Balaban J connectivity index is 0.000000531. The summed E-state index contributed by atoms with van der Waals surface area (Å²) >= 11 is 0. The lowest BCUT2D eigenvalue weighted by atomic mass is 10.0. The van der Waals surface area contributed by atoms with E-state index in [2.05, 4.69) is 25.2 Å². The van der Waals surface area contributed by atoms with Crippen molar-refractivity contribution in [2.45, 2.75) is 31.5 Å². The van der Waals surface area contributed by atoms with Crippen LogP contribution >= 0.6 is 0 Å². The van der Waals surface area contributed by atoms with E-state index in [-0.39, 0.29) is 5.82 Å². The van der Waals surface area contributed by atoms with Crippen molar-refractivity contribution in [3.8, 4) is 5.75 Å². The molecule has 1 aliphatic rings. The molecule has 5 N–H and O–H groups in total. The number of carboxylic acid groups (broad SMARTS) is 2. The van der Waals surface area contributed by atoms with Crippen molar-refractivity contribution < 1.29 is 34.0 Å². The molecule has 39 heavy (non-hydrogen) atoms.